The number of halogens is 1. The predicted octanol–water partition coefficient (Wildman–Crippen LogP) is 3.91. The molecule has 0 radical (unpaired) electrons. The van der Waals surface area contributed by atoms with Crippen LogP contribution >= 0.6 is 11.6 Å². The molecule has 0 aromatic heterocycles. The van der Waals surface area contributed by atoms with Gasteiger partial charge in [0, 0.05) is 5.02 Å². The molecular formula is C15H22ClN. The number of rotatable bonds is 5. The number of nitrogens with one attached hydrogen (secondary N) is 1. The van der Waals surface area contributed by atoms with Crippen LogP contribution < -0.4 is 5.32 Å². The van der Waals surface area contributed by atoms with E-state index in [1.807, 2.05) is 12.1 Å². The first-order valence-electron chi connectivity index (χ1n) is 6.68. The molecule has 1 nitrogen and oxygen atoms in total. The molecule has 0 saturated heterocycles. The molecule has 1 saturated carbocycles. The molecule has 1 aliphatic carbocycles. The molecule has 1 aromatic rings. The summed E-state index contributed by atoms with van der Waals surface area (Å²) in [4.78, 5) is 0. The van der Waals surface area contributed by atoms with Crippen LogP contribution in [-0.4, -0.2) is 13.6 Å². The fraction of sp³-hybridized carbons (Fsp3) is 0.600. The van der Waals surface area contributed by atoms with E-state index in [4.69, 9.17) is 11.6 Å². The highest BCUT2D eigenvalue weighted by Crippen LogP contribution is 2.33. The van der Waals surface area contributed by atoms with E-state index in [1.165, 1.54) is 37.7 Å². The van der Waals surface area contributed by atoms with Gasteiger partial charge >= 0.3 is 0 Å². The van der Waals surface area contributed by atoms with Crippen molar-refractivity contribution in [1.82, 2.24) is 5.32 Å². The molecule has 0 spiro atoms. The summed E-state index contributed by atoms with van der Waals surface area (Å²) in [6.45, 7) is 1.13. The summed E-state index contributed by atoms with van der Waals surface area (Å²) >= 11 is 5.92. The van der Waals surface area contributed by atoms with Gasteiger partial charge in [-0.25, -0.2) is 0 Å². The minimum absolute atomic E-state index is 0.781. The maximum Gasteiger partial charge on any atom is 0.0406 e. The topological polar surface area (TPSA) is 12.0 Å². The van der Waals surface area contributed by atoms with E-state index in [0.29, 0.717) is 0 Å². The van der Waals surface area contributed by atoms with E-state index in [9.17, 15) is 0 Å². The van der Waals surface area contributed by atoms with Gasteiger partial charge in [-0.15, -0.1) is 0 Å². The molecule has 1 aliphatic rings. The van der Waals surface area contributed by atoms with Crippen molar-refractivity contribution in [1.29, 1.82) is 0 Å². The lowest BCUT2D eigenvalue weighted by atomic mass is 9.85. The largest absolute Gasteiger partial charge is 0.319 e. The third-order valence-corrected chi connectivity index (χ3v) is 4.20. The zero-order valence-electron chi connectivity index (χ0n) is 10.6. The summed E-state index contributed by atoms with van der Waals surface area (Å²) in [5.41, 5.74) is 1.42. The fourth-order valence-corrected chi connectivity index (χ4v) is 3.15. The van der Waals surface area contributed by atoms with Gasteiger partial charge in [-0.3, -0.25) is 0 Å². The minimum Gasteiger partial charge on any atom is -0.319 e. The van der Waals surface area contributed by atoms with Gasteiger partial charge in [0.2, 0.25) is 0 Å². The molecule has 1 aromatic carbocycles. The fourth-order valence-electron chi connectivity index (χ4n) is 3.02. The van der Waals surface area contributed by atoms with Gasteiger partial charge in [0.25, 0.3) is 0 Å². The van der Waals surface area contributed by atoms with Gasteiger partial charge in [-0.2, -0.15) is 0 Å². The molecule has 2 heteroatoms. The average molecular weight is 252 g/mol. The van der Waals surface area contributed by atoms with Crippen molar-refractivity contribution in [3.63, 3.8) is 0 Å². The predicted molar refractivity (Wildman–Crippen MR) is 74.5 cm³/mol. The van der Waals surface area contributed by atoms with Crippen molar-refractivity contribution in [3.8, 4) is 0 Å². The number of hydrogen-bond acceptors (Lipinski definition) is 1. The van der Waals surface area contributed by atoms with Crippen molar-refractivity contribution < 1.29 is 0 Å². The lowest BCUT2D eigenvalue weighted by molar-refractivity contribution is 0.328. The molecule has 1 unspecified atom stereocenters. The average Bonchev–Trinajstić information content (AvgIpc) is 2.85. The summed E-state index contributed by atoms with van der Waals surface area (Å²) in [6, 6.07) is 8.34. The maximum atomic E-state index is 5.92. The zero-order valence-corrected chi connectivity index (χ0v) is 11.3. The molecule has 1 atom stereocenters. The van der Waals surface area contributed by atoms with Gasteiger partial charge in [-0.1, -0.05) is 49.4 Å². The normalized spacial score (nSPS) is 18.5. The Morgan fingerprint density at radius 2 is 1.88 bits per heavy atom. The van der Waals surface area contributed by atoms with Gasteiger partial charge < -0.3 is 5.32 Å². The standard InChI is InChI=1S/C15H22ClN/c1-17-11-14(13-4-2-3-5-13)10-12-6-8-15(16)9-7-12/h6-9,13-14,17H,2-5,10-11H2,1H3. The molecular weight excluding hydrogens is 230 g/mol. The van der Waals surface area contributed by atoms with Crippen LogP contribution in [0.1, 0.15) is 31.2 Å². The highest BCUT2D eigenvalue weighted by molar-refractivity contribution is 6.30. The van der Waals surface area contributed by atoms with Crippen molar-refractivity contribution in [3.05, 3.63) is 34.9 Å². The lowest BCUT2D eigenvalue weighted by Crippen LogP contribution is -2.26. The van der Waals surface area contributed by atoms with Gasteiger partial charge in [0.05, 0.1) is 0 Å². The van der Waals surface area contributed by atoms with Crippen LogP contribution in [0, 0.1) is 11.8 Å². The highest BCUT2D eigenvalue weighted by Gasteiger charge is 2.24. The maximum absolute atomic E-state index is 5.92. The molecule has 1 fully saturated rings. The summed E-state index contributed by atoms with van der Waals surface area (Å²) in [6.07, 6.45) is 6.86. The molecule has 0 aliphatic heterocycles. The molecule has 0 bridgehead atoms. The van der Waals surface area contributed by atoms with Crippen LogP contribution in [0.25, 0.3) is 0 Å². The van der Waals surface area contributed by atoms with Crippen LogP contribution in [0.2, 0.25) is 5.02 Å². The second-order valence-electron chi connectivity index (χ2n) is 5.19. The second-order valence-corrected chi connectivity index (χ2v) is 5.63. The quantitative estimate of drug-likeness (QED) is 0.837. The SMILES string of the molecule is CNCC(Cc1ccc(Cl)cc1)C1CCCC1. The first-order chi connectivity index (χ1) is 8.29. The summed E-state index contributed by atoms with van der Waals surface area (Å²) in [5, 5.41) is 4.18. The molecule has 0 amide bonds. The lowest BCUT2D eigenvalue weighted by Gasteiger charge is -2.23. The van der Waals surface area contributed by atoms with E-state index >= 15 is 0 Å². The van der Waals surface area contributed by atoms with Crippen molar-refractivity contribution in [2.45, 2.75) is 32.1 Å². The van der Waals surface area contributed by atoms with Gasteiger partial charge in [0.15, 0.2) is 0 Å². The summed E-state index contributed by atoms with van der Waals surface area (Å²) in [5.74, 6) is 1.70. The Hall–Kier alpha value is -0.530. The minimum atomic E-state index is 0.781. The Labute approximate surface area is 110 Å². The first-order valence-corrected chi connectivity index (χ1v) is 7.06. The Morgan fingerprint density at radius 3 is 2.47 bits per heavy atom. The molecule has 17 heavy (non-hydrogen) atoms. The van der Waals surface area contributed by atoms with Crippen molar-refractivity contribution in [2.75, 3.05) is 13.6 Å². The Bertz CT molecular complexity index is 327. The molecule has 94 valence electrons. The van der Waals surface area contributed by atoms with E-state index < -0.39 is 0 Å². The molecule has 1 N–H and O–H groups in total. The number of hydrogen-bond donors (Lipinski definition) is 1. The van der Waals surface area contributed by atoms with Crippen molar-refractivity contribution in [2.24, 2.45) is 11.8 Å². The van der Waals surface area contributed by atoms with E-state index in [0.717, 1.165) is 23.4 Å². The Balaban J connectivity index is 1.98. The second kappa shape index (κ2) is 6.42. The van der Waals surface area contributed by atoms with Crippen LogP contribution in [0.15, 0.2) is 24.3 Å². The highest BCUT2D eigenvalue weighted by atomic mass is 35.5. The van der Waals surface area contributed by atoms with E-state index in [2.05, 4.69) is 24.5 Å². The van der Waals surface area contributed by atoms with Crippen LogP contribution in [-0.2, 0) is 6.42 Å². The smallest absolute Gasteiger partial charge is 0.0406 e. The van der Waals surface area contributed by atoms with Gasteiger partial charge in [-0.05, 0) is 49.5 Å². The van der Waals surface area contributed by atoms with Crippen LogP contribution in [0.4, 0.5) is 0 Å². The van der Waals surface area contributed by atoms with Crippen LogP contribution in [0.5, 0.6) is 0 Å². The van der Waals surface area contributed by atoms with Gasteiger partial charge in [0.1, 0.15) is 0 Å². The summed E-state index contributed by atoms with van der Waals surface area (Å²) in [7, 11) is 2.06. The first kappa shape index (κ1) is 12.9. The Kier molecular flexibility index (Phi) is 4.87. The van der Waals surface area contributed by atoms with E-state index in [-0.39, 0.29) is 0 Å². The van der Waals surface area contributed by atoms with Crippen molar-refractivity contribution >= 4 is 11.6 Å². The zero-order chi connectivity index (χ0) is 12.1. The van der Waals surface area contributed by atoms with E-state index in [1.54, 1.807) is 0 Å². The third kappa shape index (κ3) is 3.72. The summed E-state index contributed by atoms with van der Waals surface area (Å²) < 4.78 is 0. The van der Waals surface area contributed by atoms with Crippen LogP contribution in [0.3, 0.4) is 0 Å². The molecule has 2 rings (SSSR count). The number of benzene rings is 1. The Morgan fingerprint density at radius 1 is 1.24 bits per heavy atom. The monoisotopic (exact) mass is 251 g/mol. The third-order valence-electron chi connectivity index (χ3n) is 3.94. The molecule has 0 heterocycles.